The third-order valence-corrected chi connectivity index (χ3v) is 4.03. The van der Waals surface area contributed by atoms with Crippen molar-refractivity contribution in [3.8, 4) is 0 Å². The highest BCUT2D eigenvalue weighted by Crippen LogP contribution is 2.21. The molecule has 1 aromatic rings. The highest BCUT2D eigenvalue weighted by atomic mass is 35.5. The fourth-order valence-corrected chi connectivity index (χ4v) is 2.45. The summed E-state index contributed by atoms with van der Waals surface area (Å²) in [6, 6.07) is 8.74. The molecule has 0 heterocycles. The van der Waals surface area contributed by atoms with Gasteiger partial charge in [0.25, 0.3) is 0 Å². The third-order valence-electron chi connectivity index (χ3n) is 3.78. The number of rotatable bonds is 9. The Morgan fingerprint density at radius 3 is 2.35 bits per heavy atom. The number of methoxy groups -OCH3 is 1. The third kappa shape index (κ3) is 6.74. The van der Waals surface area contributed by atoms with Crippen molar-refractivity contribution in [3.05, 3.63) is 34.9 Å². The van der Waals surface area contributed by atoms with Crippen LogP contribution in [-0.2, 0) is 11.2 Å². The molecule has 0 amide bonds. The molecule has 114 valence electrons. The van der Waals surface area contributed by atoms with Crippen molar-refractivity contribution < 1.29 is 4.74 Å². The van der Waals surface area contributed by atoms with E-state index in [4.69, 9.17) is 16.3 Å². The Bertz CT molecular complexity index is 364. The quantitative estimate of drug-likeness (QED) is 0.738. The van der Waals surface area contributed by atoms with Crippen molar-refractivity contribution in [2.75, 3.05) is 20.3 Å². The molecule has 3 heteroatoms. The fourth-order valence-electron chi connectivity index (χ4n) is 2.32. The van der Waals surface area contributed by atoms with E-state index in [1.165, 1.54) is 5.56 Å². The van der Waals surface area contributed by atoms with E-state index in [0.717, 1.165) is 31.0 Å². The van der Waals surface area contributed by atoms with Crippen LogP contribution in [0.1, 0.15) is 32.8 Å². The second-order valence-corrected chi connectivity index (χ2v) is 6.35. The van der Waals surface area contributed by atoms with Gasteiger partial charge in [-0.05, 0) is 48.9 Å². The average molecular weight is 298 g/mol. The minimum absolute atomic E-state index is 0.525. The van der Waals surface area contributed by atoms with E-state index < -0.39 is 0 Å². The van der Waals surface area contributed by atoms with Crippen molar-refractivity contribution in [2.45, 2.75) is 39.7 Å². The van der Waals surface area contributed by atoms with Crippen LogP contribution in [0.5, 0.6) is 0 Å². The van der Waals surface area contributed by atoms with Crippen LogP contribution in [0.4, 0.5) is 0 Å². The van der Waals surface area contributed by atoms with Crippen LogP contribution >= 0.6 is 11.6 Å². The lowest BCUT2D eigenvalue weighted by Gasteiger charge is -2.25. The molecule has 1 aromatic carbocycles. The normalized spacial score (nSPS) is 14.5. The van der Waals surface area contributed by atoms with Crippen LogP contribution in [0, 0.1) is 11.8 Å². The van der Waals surface area contributed by atoms with E-state index in [1.807, 2.05) is 12.1 Å². The lowest BCUT2D eigenvalue weighted by Crippen LogP contribution is -2.33. The highest BCUT2D eigenvalue weighted by Gasteiger charge is 2.18. The second kappa shape index (κ2) is 9.38. The highest BCUT2D eigenvalue weighted by molar-refractivity contribution is 6.30. The molecule has 1 rings (SSSR count). The molecule has 0 aliphatic carbocycles. The van der Waals surface area contributed by atoms with Gasteiger partial charge >= 0.3 is 0 Å². The van der Waals surface area contributed by atoms with Crippen LogP contribution in [0.2, 0.25) is 5.02 Å². The first-order chi connectivity index (χ1) is 9.52. The number of hydrogen-bond donors (Lipinski definition) is 1. The van der Waals surface area contributed by atoms with Crippen LogP contribution < -0.4 is 5.32 Å². The Balaban J connectivity index is 2.62. The molecule has 0 spiro atoms. The van der Waals surface area contributed by atoms with Crippen LogP contribution in [0.3, 0.4) is 0 Å². The summed E-state index contributed by atoms with van der Waals surface area (Å²) in [5.41, 5.74) is 1.36. The van der Waals surface area contributed by atoms with Crippen LogP contribution in [0.25, 0.3) is 0 Å². The van der Waals surface area contributed by atoms with E-state index in [0.29, 0.717) is 17.9 Å². The lowest BCUT2D eigenvalue weighted by atomic mass is 9.86. The van der Waals surface area contributed by atoms with Crippen molar-refractivity contribution in [1.82, 2.24) is 5.32 Å². The molecule has 2 atom stereocenters. The molecule has 0 saturated carbocycles. The molecule has 0 radical (unpaired) electrons. The maximum atomic E-state index is 5.95. The van der Waals surface area contributed by atoms with Gasteiger partial charge in [-0.15, -0.1) is 0 Å². The van der Waals surface area contributed by atoms with Crippen LogP contribution in [0.15, 0.2) is 24.3 Å². The molecule has 2 nitrogen and oxygen atoms in total. The number of halogens is 1. The Morgan fingerprint density at radius 1 is 1.15 bits per heavy atom. The summed E-state index contributed by atoms with van der Waals surface area (Å²) < 4.78 is 5.22. The fraction of sp³-hybridized carbons (Fsp3) is 0.647. The Labute approximate surface area is 128 Å². The lowest BCUT2D eigenvalue weighted by molar-refractivity contribution is 0.163. The van der Waals surface area contributed by atoms with Crippen molar-refractivity contribution in [2.24, 2.45) is 11.8 Å². The smallest absolute Gasteiger partial charge is 0.0464 e. The Hall–Kier alpha value is -0.570. The maximum Gasteiger partial charge on any atom is 0.0464 e. The van der Waals surface area contributed by atoms with Gasteiger partial charge in [0.05, 0.1) is 0 Å². The standard InChI is InChI=1S/C17H28ClNO/c1-13(2)19-12-16(14(3)9-10-20-4)11-15-5-7-17(18)8-6-15/h5-8,13-14,16,19H,9-12H2,1-4H3. The number of hydrogen-bond acceptors (Lipinski definition) is 2. The minimum Gasteiger partial charge on any atom is -0.385 e. The molecule has 1 N–H and O–H groups in total. The summed E-state index contributed by atoms with van der Waals surface area (Å²) >= 11 is 5.95. The van der Waals surface area contributed by atoms with Gasteiger partial charge in [-0.2, -0.15) is 0 Å². The van der Waals surface area contributed by atoms with Gasteiger partial charge in [0.15, 0.2) is 0 Å². The summed E-state index contributed by atoms with van der Waals surface area (Å²) in [7, 11) is 1.77. The summed E-state index contributed by atoms with van der Waals surface area (Å²) in [5, 5.41) is 4.37. The topological polar surface area (TPSA) is 21.3 Å². The van der Waals surface area contributed by atoms with Gasteiger partial charge < -0.3 is 10.1 Å². The van der Waals surface area contributed by atoms with Gasteiger partial charge in [0, 0.05) is 24.8 Å². The summed E-state index contributed by atoms with van der Waals surface area (Å²) in [6.07, 6.45) is 2.19. The first kappa shape index (κ1) is 17.5. The molecular formula is C17H28ClNO. The summed E-state index contributed by atoms with van der Waals surface area (Å²) in [4.78, 5) is 0. The molecule has 0 aliphatic rings. The SMILES string of the molecule is COCCC(C)C(CNC(C)C)Cc1ccc(Cl)cc1. The zero-order chi connectivity index (χ0) is 15.0. The van der Waals surface area contributed by atoms with E-state index >= 15 is 0 Å². The van der Waals surface area contributed by atoms with Crippen molar-refractivity contribution >= 4 is 11.6 Å². The predicted molar refractivity (Wildman–Crippen MR) is 87.4 cm³/mol. The maximum absolute atomic E-state index is 5.95. The van der Waals surface area contributed by atoms with Crippen molar-refractivity contribution in [3.63, 3.8) is 0 Å². The van der Waals surface area contributed by atoms with Crippen LogP contribution in [-0.4, -0.2) is 26.3 Å². The van der Waals surface area contributed by atoms with E-state index in [1.54, 1.807) is 7.11 Å². The molecular weight excluding hydrogens is 270 g/mol. The number of benzene rings is 1. The predicted octanol–water partition coefficient (Wildman–Crippen LogP) is 4.17. The van der Waals surface area contributed by atoms with Gasteiger partial charge in [-0.3, -0.25) is 0 Å². The van der Waals surface area contributed by atoms with Gasteiger partial charge in [0.1, 0.15) is 0 Å². The largest absolute Gasteiger partial charge is 0.385 e. The average Bonchev–Trinajstić information content (AvgIpc) is 2.42. The Morgan fingerprint density at radius 2 is 1.80 bits per heavy atom. The molecule has 0 fully saturated rings. The molecule has 0 aliphatic heterocycles. The molecule has 20 heavy (non-hydrogen) atoms. The van der Waals surface area contributed by atoms with E-state index in [9.17, 15) is 0 Å². The Kier molecular flexibility index (Phi) is 8.20. The first-order valence-electron chi connectivity index (χ1n) is 7.49. The van der Waals surface area contributed by atoms with Crippen molar-refractivity contribution in [1.29, 1.82) is 0 Å². The zero-order valence-electron chi connectivity index (χ0n) is 13.2. The monoisotopic (exact) mass is 297 g/mol. The second-order valence-electron chi connectivity index (χ2n) is 5.91. The van der Waals surface area contributed by atoms with Gasteiger partial charge in [-0.1, -0.05) is 44.5 Å². The summed E-state index contributed by atoms with van der Waals surface area (Å²) in [6.45, 7) is 8.59. The zero-order valence-corrected chi connectivity index (χ0v) is 13.9. The van der Waals surface area contributed by atoms with Gasteiger partial charge in [-0.25, -0.2) is 0 Å². The summed E-state index contributed by atoms with van der Waals surface area (Å²) in [5.74, 6) is 1.26. The first-order valence-corrected chi connectivity index (χ1v) is 7.87. The van der Waals surface area contributed by atoms with E-state index in [2.05, 4.69) is 38.2 Å². The molecule has 0 aromatic heterocycles. The molecule has 0 saturated heterocycles. The van der Waals surface area contributed by atoms with E-state index in [-0.39, 0.29) is 0 Å². The number of nitrogens with one attached hydrogen (secondary N) is 1. The number of ether oxygens (including phenoxy) is 1. The molecule has 2 unspecified atom stereocenters. The van der Waals surface area contributed by atoms with Gasteiger partial charge in [0.2, 0.25) is 0 Å². The minimum atomic E-state index is 0.525. The molecule has 0 bridgehead atoms.